The molecular weight excluding hydrogens is 200 g/mol. The van der Waals surface area contributed by atoms with E-state index in [1.165, 1.54) is 18.1 Å². The molecule has 0 saturated heterocycles. The van der Waals surface area contributed by atoms with E-state index in [-0.39, 0.29) is 8.80 Å². The second-order valence-electron chi connectivity index (χ2n) is 5.62. The van der Waals surface area contributed by atoms with Crippen LogP contribution in [0.15, 0.2) is 0 Å². The van der Waals surface area contributed by atoms with E-state index in [0.29, 0.717) is 5.04 Å². The van der Waals surface area contributed by atoms with Crippen LogP contribution in [0.3, 0.4) is 0 Å². The van der Waals surface area contributed by atoms with Crippen molar-refractivity contribution in [1.82, 2.24) is 0 Å². The van der Waals surface area contributed by atoms with Gasteiger partial charge >= 0.3 is 0 Å². The van der Waals surface area contributed by atoms with Crippen molar-refractivity contribution >= 4 is 16.9 Å². The molecule has 0 aliphatic carbocycles. The van der Waals surface area contributed by atoms with E-state index >= 15 is 0 Å². The van der Waals surface area contributed by atoms with Gasteiger partial charge in [0.1, 0.15) is 0 Å². The molecule has 0 unspecified atom stereocenters. The van der Waals surface area contributed by atoms with Crippen molar-refractivity contribution in [3.05, 3.63) is 0 Å². The Morgan fingerprint density at radius 1 is 0.929 bits per heavy atom. The van der Waals surface area contributed by atoms with Crippen LogP contribution in [0.2, 0.25) is 42.3 Å². The largest absolute Gasteiger partial charge is 0.0709 e. The fourth-order valence-corrected chi connectivity index (χ4v) is 8.90. The SMILES string of the molecule is CC[Si](CC)(CC)CC(C)(C)[Si](C)C. The first-order valence-corrected chi connectivity index (χ1v) is 11.5. The van der Waals surface area contributed by atoms with E-state index in [1.54, 1.807) is 6.04 Å². The van der Waals surface area contributed by atoms with Crippen molar-refractivity contribution in [2.24, 2.45) is 0 Å². The van der Waals surface area contributed by atoms with E-state index in [9.17, 15) is 0 Å². The lowest BCUT2D eigenvalue weighted by Crippen LogP contribution is -2.38. The van der Waals surface area contributed by atoms with Crippen LogP contribution >= 0.6 is 0 Å². The van der Waals surface area contributed by atoms with Crippen LogP contribution in [-0.2, 0) is 0 Å². The maximum absolute atomic E-state index is 2.50. The van der Waals surface area contributed by atoms with Crippen molar-refractivity contribution in [1.29, 1.82) is 0 Å². The van der Waals surface area contributed by atoms with Gasteiger partial charge in [-0.2, -0.15) is 0 Å². The molecule has 0 fully saturated rings. The summed E-state index contributed by atoms with van der Waals surface area (Å²) in [5.41, 5.74) is 0. The molecule has 0 heterocycles. The van der Waals surface area contributed by atoms with E-state index in [2.05, 4.69) is 47.7 Å². The highest BCUT2D eigenvalue weighted by atomic mass is 28.3. The molecule has 0 atom stereocenters. The summed E-state index contributed by atoms with van der Waals surface area (Å²) >= 11 is 0. The third-order valence-corrected chi connectivity index (χ3v) is 13.8. The molecular formula is C12H29Si2. The fraction of sp³-hybridized carbons (Fsp3) is 1.00. The normalized spacial score (nSPS) is 13.7. The molecule has 0 aliphatic heterocycles. The van der Waals surface area contributed by atoms with Crippen LogP contribution in [0.5, 0.6) is 0 Å². The van der Waals surface area contributed by atoms with Crippen molar-refractivity contribution in [3.63, 3.8) is 0 Å². The average Bonchev–Trinajstić information content (AvgIpc) is 2.14. The monoisotopic (exact) mass is 229 g/mol. The minimum Gasteiger partial charge on any atom is -0.0709 e. The maximum Gasteiger partial charge on any atom is 0.0530 e. The summed E-state index contributed by atoms with van der Waals surface area (Å²) in [6.07, 6.45) is 0. The summed E-state index contributed by atoms with van der Waals surface area (Å²) in [6, 6.07) is 6.01. The lowest BCUT2D eigenvalue weighted by atomic mass is 10.2. The fourth-order valence-electron chi connectivity index (χ4n) is 2.24. The molecule has 0 N–H and O–H groups in total. The third kappa shape index (κ3) is 3.54. The lowest BCUT2D eigenvalue weighted by molar-refractivity contribution is 0.716. The molecule has 0 aromatic carbocycles. The quantitative estimate of drug-likeness (QED) is 0.560. The van der Waals surface area contributed by atoms with E-state index in [0.717, 1.165) is 0 Å². The standard InChI is InChI=1S/C12H29Si2/c1-8-14(9-2,10-3)11-12(4,5)13(6)7/h8-11H2,1-7H3. The van der Waals surface area contributed by atoms with Crippen molar-refractivity contribution in [2.45, 2.75) is 76.9 Å². The molecule has 2 heteroatoms. The minimum atomic E-state index is -0.890. The second-order valence-corrected chi connectivity index (χ2v) is 14.4. The van der Waals surface area contributed by atoms with Crippen molar-refractivity contribution < 1.29 is 0 Å². The van der Waals surface area contributed by atoms with Crippen molar-refractivity contribution in [2.75, 3.05) is 0 Å². The zero-order chi connectivity index (χ0) is 11.4. The van der Waals surface area contributed by atoms with Crippen LogP contribution in [0, 0.1) is 0 Å². The molecule has 0 spiro atoms. The van der Waals surface area contributed by atoms with Crippen LogP contribution < -0.4 is 0 Å². The van der Waals surface area contributed by atoms with E-state index in [4.69, 9.17) is 0 Å². The Hall–Kier alpha value is 0.434. The molecule has 0 aromatic rings. The van der Waals surface area contributed by atoms with Crippen LogP contribution in [0.4, 0.5) is 0 Å². The van der Waals surface area contributed by atoms with Gasteiger partial charge in [0.15, 0.2) is 0 Å². The minimum absolute atomic E-state index is 0.139. The lowest BCUT2D eigenvalue weighted by Gasteiger charge is -2.39. The molecule has 0 bridgehead atoms. The Kier molecular flexibility index (Phi) is 5.67. The molecule has 0 aliphatic rings. The molecule has 14 heavy (non-hydrogen) atoms. The first-order valence-electron chi connectivity index (χ1n) is 6.14. The Morgan fingerprint density at radius 2 is 1.29 bits per heavy atom. The Bertz CT molecular complexity index is 149. The summed E-state index contributed by atoms with van der Waals surface area (Å²) in [4.78, 5) is 0. The highest BCUT2D eigenvalue weighted by molar-refractivity contribution is 6.81. The summed E-state index contributed by atoms with van der Waals surface area (Å²) in [5, 5.41) is 0.652. The number of rotatable bonds is 6. The molecule has 0 amide bonds. The van der Waals surface area contributed by atoms with E-state index in [1.807, 2.05) is 0 Å². The van der Waals surface area contributed by atoms with Crippen LogP contribution in [-0.4, -0.2) is 16.9 Å². The van der Waals surface area contributed by atoms with Crippen LogP contribution in [0.25, 0.3) is 0 Å². The highest BCUT2D eigenvalue weighted by Gasteiger charge is 2.35. The maximum atomic E-state index is 2.50. The first-order chi connectivity index (χ1) is 6.33. The second kappa shape index (κ2) is 5.50. The predicted octanol–water partition coefficient (Wildman–Crippen LogP) is 5.03. The zero-order valence-electron chi connectivity index (χ0n) is 11.3. The Balaban J connectivity index is 4.58. The summed E-state index contributed by atoms with van der Waals surface area (Å²) in [7, 11) is -1.03. The molecule has 0 rings (SSSR count). The predicted molar refractivity (Wildman–Crippen MR) is 73.5 cm³/mol. The molecule has 0 nitrogen and oxygen atoms in total. The smallest absolute Gasteiger partial charge is 0.0530 e. The van der Waals surface area contributed by atoms with Gasteiger partial charge in [0.25, 0.3) is 0 Å². The molecule has 85 valence electrons. The van der Waals surface area contributed by atoms with Crippen LogP contribution in [0.1, 0.15) is 34.6 Å². The van der Waals surface area contributed by atoms with Gasteiger partial charge in [-0.05, 0) is 5.04 Å². The van der Waals surface area contributed by atoms with Gasteiger partial charge in [-0.3, -0.25) is 0 Å². The summed E-state index contributed by atoms with van der Waals surface area (Å²) in [5.74, 6) is 0. The zero-order valence-corrected chi connectivity index (χ0v) is 13.3. The van der Waals surface area contributed by atoms with Gasteiger partial charge in [0, 0.05) is 8.80 Å². The van der Waals surface area contributed by atoms with E-state index < -0.39 is 8.07 Å². The molecule has 0 saturated carbocycles. The molecule has 0 aromatic heterocycles. The van der Waals surface area contributed by atoms with Gasteiger partial charge in [-0.15, -0.1) is 0 Å². The summed E-state index contributed by atoms with van der Waals surface area (Å²) in [6.45, 7) is 17.2. The first kappa shape index (κ1) is 14.4. The Labute approximate surface area is 94.1 Å². The topological polar surface area (TPSA) is 0 Å². The highest BCUT2D eigenvalue weighted by Crippen LogP contribution is 2.42. The third-order valence-electron chi connectivity index (χ3n) is 4.42. The van der Waals surface area contributed by atoms with Crippen molar-refractivity contribution in [3.8, 4) is 0 Å². The van der Waals surface area contributed by atoms with Gasteiger partial charge < -0.3 is 0 Å². The van der Waals surface area contributed by atoms with Gasteiger partial charge in [-0.25, -0.2) is 0 Å². The van der Waals surface area contributed by atoms with Gasteiger partial charge in [0.2, 0.25) is 0 Å². The molecule has 1 radical (unpaired) electrons. The summed E-state index contributed by atoms with van der Waals surface area (Å²) < 4.78 is 0. The van der Waals surface area contributed by atoms with Gasteiger partial charge in [0.05, 0.1) is 8.07 Å². The number of hydrogen-bond acceptors (Lipinski definition) is 0. The van der Waals surface area contributed by atoms with Gasteiger partial charge in [-0.1, -0.05) is 71.9 Å². The Morgan fingerprint density at radius 3 is 1.50 bits per heavy atom. The number of hydrogen-bond donors (Lipinski definition) is 0. The average molecular weight is 230 g/mol.